The Labute approximate surface area is 144 Å². The quantitative estimate of drug-likeness (QED) is 0.749. The van der Waals surface area contributed by atoms with Gasteiger partial charge in [0, 0.05) is 19.6 Å². The SMILES string of the molecule is COc1cc(CNC(=O)C2CCCNC2)ccc1OCCN(C)C. The number of nitrogens with zero attached hydrogens (tertiary/aromatic N) is 1. The highest BCUT2D eigenvalue weighted by Crippen LogP contribution is 2.28. The lowest BCUT2D eigenvalue weighted by molar-refractivity contribution is -0.125. The van der Waals surface area contributed by atoms with Crippen LogP contribution in [0.4, 0.5) is 0 Å². The minimum absolute atomic E-state index is 0.0780. The standard InChI is InChI=1S/C18H29N3O3/c1-21(2)9-10-24-16-7-6-14(11-17(16)23-3)12-20-18(22)15-5-4-8-19-13-15/h6-7,11,15,19H,4-5,8-10,12-13H2,1-3H3,(H,20,22). The summed E-state index contributed by atoms with van der Waals surface area (Å²) in [5.41, 5.74) is 1.00. The Bertz CT molecular complexity index is 528. The fourth-order valence-electron chi connectivity index (χ4n) is 2.69. The Kier molecular flexibility index (Phi) is 7.34. The van der Waals surface area contributed by atoms with Crippen molar-refractivity contribution < 1.29 is 14.3 Å². The molecule has 0 saturated carbocycles. The predicted molar refractivity (Wildman–Crippen MR) is 94.5 cm³/mol. The van der Waals surface area contributed by atoms with Gasteiger partial charge in [0.15, 0.2) is 11.5 Å². The van der Waals surface area contributed by atoms with E-state index in [2.05, 4.69) is 15.5 Å². The lowest BCUT2D eigenvalue weighted by Crippen LogP contribution is -2.40. The largest absolute Gasteiger partial charge is 0.493 e. The molecule has 6 heteroatoms. The molecule has 1 aliphatic heterocycles. The maximum atomic E-state index is 12.2. The zero-order valence-corrected chi connectivity index (χ0v) is 14.9. The van der Waals surface area contributed by atoms with Crippen molar-refractivity contribution in [2.75, 3.05) is 47.4 Å². The highest BCUT2D eigenvalue weighted by Gasteiger charge is 2.20. The zero-order chi connectivity index (χ0) is 17.4. The molecule has 1 aromatic carbocycles. The van der Waals surface area contributed by atoms with E-state index in [-0.39, 0.29) is 11.8 Å². The number of ether oxygens (including phenoxy) is 2. The van der Waals surface area contributed by atoms with Crippen LogP contribution < -0.4 is 20.1 Å². The summed E-state index contributed by atoms with van der Waals surface area (Å²) in [6, 6.07) is 5.79. The lowest BCUT2D eigenvalue weighted by Gasteiger charge is -2.22. The molecule has 134 valence electrons. The van der Waals surface area contributed by atoms with Crippen molar-refractivity contribution in [3.63, 3.8) is 0 Å². The molecule has 1 unspecified atom stereocenters. The van der Waals surface area contributed by atoms with Crippen molar-refractivity contribution in [2.45, 2.75) is 19.4 Å². The number of carbonyl (C=O) groups excluding carboxylic acids is 1. The third-order valence-electron chi connectivity index (χ3n) is 4.16. The van der Waals surface area contributed by atoms with Crippen LogP contribution in [0.15, 0.2) is 18.2 Å². The van der Waals surface area contributed by atoms with E-state index in [1.165, 1.54) is 0 Å². The van der Waals surface area contributed by atoms with Crippen LogP contribution in [0.2, 0.25) is 0 Å². The first-order chi connectivity index (χ1) is 11.6. The number of nitrogens with one attached hydrogen (secondary N) is 2. The van der Waals surface area contributed by atoms with Crippen LogP contribution in [0.5, 0.6) is 11.5 Å². The number of methoxy groups -OCH3 is 1. The molecule has 2 rings (SSSR count). The molecule has 0 aromatic heterocycles. The Morgan fingerprint density at radius 1 is 1.38 bits per heavy atom. The van der Waals surface area contributed by atoms with Gasteiger partial charge in [-0.2, -0.15) is 0 Å². The minimum Gasteiger partial charge on any atom is -0.493 e. The molecular formula is C18H29N3O3. The number of piperidine rings is 1. The predicted octanol–water partition coefficient (Wildman–Crippen LogP) is 1.25. The molecule has 1 amide bonds. The van der Waals surface area contributed by atoms with Crippen molar-refractivity contribution in [3.8, 4) is 11.5 Å². The van der Waals surface area contributed by atoms with Gasteiger partial charge in [-0.25, -0.2) is 0 Å². The first kappa shape index (κ1) is 18.5. The smallest absolute Gasteiger partial charge is 0.224 e. The van der Waals surface area contributed by atoms with E-state index in [1.807, 2.05) is 32.3 Å². The minimum atomic E-state index is 0.0780. The van der Waals surface area contributed by atoms with Gasteiger partial charge in [-0.3, -0.25) is 4.79 Å². The number of benzene rings is 1. The Morgan fingerprint density at radius 2 is 2.21 bits per heavy atom. The van der Waals surface area contributed by atoms with Gasteiger partial charge in [0.1, 0.15) is 6.61 Å². The van der Waals surface area contributed by atoms with E-state index in [1.54, 1.807) is 7.11 Å². The van der Waals surface area contributed by atoms with Crippen LogP contribution in [0.1, 0.15) is 18.4 Å². The average Bonchev–Trinajstić information content (AvgIpc) is 2.60. The van der Waals surface area contributed by atoms with Gasteiger partial charge < -0.3 is 25.0 Å². The molecule has 0 bridgehead atoms. The molecule has 1 heterocycles. The summed E-state index contributed by atoms with van der Waals surface area (Å²) in [5, 5.41) is 6.28. The van der Waals surface area contributed by atoms with Crippen LogP contribution in [0.25, 0.3) is 0 Å². The van der Waals surface area contributed by atoms with Crippen molar-refractivity contribution >= 4 is 5.91 Å². The first-order valence-electron chi connectivity index (χ1n) is 8.53. The van der Waals surface area contributed by atoms with Crippen molar-refractivity contribution in [2.24, 2.45) is 5.92 Å². The van der Waals surface area contributed by atoms with Crippen molar-refractivity contribution in [3.05, 3.63) is 23.8 Å². The molecule has 1 fully saturated rings. The molecule has 0 spiro atoms. The Balaban J connectivity index is 1.87. The van der Waals surface area contributed by atoms with E-state index >= 15 is 0 Å². The molecule has 1 aliphatic rings. The highest BCUT2D eigenvalue weighted by atomic mass is 16.5. The summed E-state index contributed by atoms with van der Waals surface area (Å²) in [6.07, 6.45) is 2.02. The monoisotopic (exact) mass is 335 g/mol. The van der Waals surface area contributed by atoms with Gasteiger partial charge in [0.25, 0.3) is 0 Å². The summed E-state index contributed by atoms with van der Waals surface area (Å²) >= 11 is 0. The van der Waals surface area contributed by atoms with Gasteiger partial charge in [-0.05, 0) is 51.2 Å². The van der Waals surface area contributed by atoms with Gasteiger partial charge in [0.05, 0.1) is 13.0 Å². The molecule has 0 radical (unpaired) electrons. The maximum absolute atomic E-state index is 12.2. The maximum Gasteiger partial charge on any atom is 0.224 e. The Morgan fingerprint density at radius 3 is 2.88 bits per heavy atom. The molecule has 0 aliphatic carbocycles. The molecule has 1 saturated heterocycles. The Hall–Kier alpha value is -1.79. The normalized spacial score (nSPS) is 17.6. The van der Waals surface area contributed by atoms with Crippen LogP contribution in [-0.4, -0.2) is 58.3 Å². The van der Waals surface area contributed by atoms with Gasteiger partial charge in [-0.15, -0.1) is 0 Å². The van der Waals surface area contributed by atoms with Crippen LogP contribution in [-0.2, 0) is 11.3 Å². The topological polar surface area (TPSA) is 62.8 Å². The van der Waals surface area contributed by atoms with Crippen molar-refractivity contribution in [1.29, 1.82) is 0 Å². The van der Waals surface area contributed by atoms with Gasteiger partial charge in [-0.1, -0.05) is 6.07 Å². The fourth-order valence-corrected chi connectivity index (χ4v) is 2.69. The summed E-state index contributed by atoms with van der Waals surface area (Å²) in [6.45, 7) is 3.73. The van der Waals surface area contributed by atoms with Crippen LogP contribution in [0, 0.1) is 5.92 Å². The number of rotatable bonds is 8. The second-order valence-electron chi connectivity index (χ2n) is 6.40. The van der Waals surface area contributed by atoms with E-state index in [0.29, 0.717) is 18.9 Å². The van der Waals surface area contributed by atoms with Crippen LogP contribution >= 0.6 is 0 Å². The number of likely N-dealkylation sites (N-methyl/N-ethyl adjacent to an activating group) is 1. The van der Waals surface area contributed by atoms with E-state index in [0.717, 1.165) is 43.8 Å². The number of amides is 1. The second-order valence-corrected chi connectivity index (χ2v) is 6.40. The highest BCUT2D eigenvalue weighted by molar-refractivity contribution is 5.79. The lowest BCUT2D eigenvalue weighted by atomic mass is 9.99. The average molecular weight is 335 g/mol. The fraction of sp³-hybridized carbons (Fsp3) is 0.611. The molecule has 1 atom stereocenters. The molecule has 1 aromatic rings. The molecule has 2 N–H and O–H groups in total. The summed E-state index contributed by atoms with van der Waals surface area (Å²) in [7, 11) is 5.65. The molecular weight excluding hydrogens is 306 g/mol. The summed E-state index contributed by atoms with van der Waals surface area (Å²) < 4.78 is 11.2. The summed E-state index contributed by atoms with van der Waals surface area (Å²) in [5.74, 6) is 1.62. The number of carbonyl (C=O) groups is 1. The zero-order valence-electron chi connectivity index (χ0n) is 14.9. The van der Waals surface area contributed by atoms with Crippen molar-refractivity contribution in [1.82, 2.24) is 15.5 Å². The van der Waals surface area contributed by atoms with Crippen LogP contribution in [0.3, 0.4) is 0 Å². The molecule has 6 nitrogen and oxygen atoms in total. The van der Waals surface area contributed by atoms with E-state index in [9.17, 15) is 4.79 Å². The third kappa shape index (κ3) is 5.69. The first-order valence-corrected chi connectivity index (χ1v) is 8.53. The van der Waals surface area contributed by atoms with E-state index < -0.39 is 0 Å². The van der Waals surface area contributed by atoms with Gasteiger partial charge in [0.2, 0.25) is 5.91 Å². The molecule has 24 heavy (non-hydrogen) atoms. The van der Waals surface area contributed by atoms with Gasteiger partial charge >= 0.3 is 0 Å². The van der Waals surface area contributed by atoms with E-state index in [4.69, 9.17) is 9.47 Å². The number of hydrogen-bond donors (Lipinski definition) is 2. The third-order valence-corrected chi connectivity index (χ3v) is 4.16. The second kappa shape index (κ2) is 9.49. The number of hydrogen-bond acceptors (Lipinski definition) is 5. The summed E-state index contributed by atoms with van der Waals surface area (Å²) in [4.78, 5) is 14.3.